The molecule has 2 rings (SSSR count). The standard InChI is InChI=1S/C23H25Cl3F3N3O4S/c1-13(2)30-22(34)14(3)31(11-16-17(24)6-5-7-18(16)25)21(33)12-32(37(4,35)36)20-10-15(23(27,28)29)8-9-19(20)26/h5-10,13-14H,11-12H2,1-4H3,(H,30,34). The minimum Gasteiger partial charge on any atom is -0.352 e. The molecule has 37 heavy (non-hydrogen) atoms. The summed E-state index contributed by atoms with van der Waals surface area (Å²) in [7, 11) is -4.30. The molecule has 7 nitrogen and oxygen atoms in total. The number of amides is 2. The van der Waals surface area contributed by atoms with E-state index in [-0.39, 0.29) is 27.7 Å². The summed E-state index contributed by atoms with van der Waals surface area (Å²) in [5, 5.41) is 2.74. The van der Waals surface area contributed by atoms with Crippen LogP contribution in [-0.2, 0) is 32.3 Å². The summed E-state index contributed by atoms with van der Waals surface area (Å²) in [6, 6.07) is 5.36. The van der Waals surface area contributed by atoms with Gasteiger partial charge in [-0.25, -0.2) is 8.42 Å². The molecule has 2 aromatic carbocycles. The van der Waals surface area contributed by atoms with Gasteiger partial charge < -0.3 is 10.2 Å². The van der Waals surface area contributed by atoms with Crippen LogP contribution in [0.5, 0.6) is 0 Å². The van der Waals surface area contributed by atoms with E-state index in [2.05, 4.69) is 5.32 Å². The first-order valence-corrected chi connectivity index (χ1v) is 13.8. The van der Waals surface area contributed by atoms with E-state index in [4.69, 9.17) is 34.8 Å². The predicted octanol–water partition coefficient (Wildman–Crippen LogP) is 5.37. The van der Waals surface area contributed by atoms with E-state index in [0.717, 1.165) is 17.2 Å². The Morgan fingerprint density at radius 1 is 1.00 bits per heavy atom. The van der Waals surface area contributed by atoms with Gasteiger partial charge in [0.25, 0.3) is 0 Å². The van der Waals surface area contributed by atoms with Crippen molar-refractivity contribution in [2.75, 3.05) is 17.1 Å². The van der Waals surface area contributed by atoms with Crippen LogP contribution in [0.25, 0.3) is 0 Å². The number of halogens is 6. The summed E-state index contributed by atoms with van der Waals surface area (Å²) >= 11 is 18.6. The second-order valence-corrected chi connectivity index (χ2v) is 11.6. The lowest BCUT2D eigenvalue weighted by atomic mass is 10.1. The summed E-state index contributed by atoms with van der Waals surface area (Å²) in [5.74, 6) is -1.45. The van der Waals surface area contributed by atoms with Gasteiger partial charge in [-0.2, -0.15) is 13.2 Å². The summed E-state index contributed by atoms with van der Waals surface area (Å²) < 4.78 is 65.6. The Bertz CT molecular complexity index is 1250. The Morgan fingerprint density at radius 2 is 1.57 bits per heavy atom. The van der Waals surface area contributed by atoms with Gasteiger partial charge in [0.05, 0.1) is 22.5 Å². The fourth-order valence-corrected chi connectivity index (χ4v) is 4.96. The molecule has 0 saturated heterocycles. The van der Waals surface area contributed by atoms with Gasteiger partial charge in [0, 0.05) is 28.2 Å². The maximum absolute atomic E-state index is 13.5. The number of nitrogens with zero attached hydrogens (tertiary/aromatic N) is 2. The van der Waals surface area contributed by atoms with Crippen molar-refractivity contribution in [3.63, 3.8) is 0 Å². The van der Waals surface area contributed by atoms with Gasteiger partial charge in [0.15, 0.2) is 0 Å². The van der Waals surface area contributed by atoms with E-state index in [1.807, 2.05) is 0 Å². The molecule has 0 heterocycles. The third-order valence-electron chi connectivity index (χ3n) is 5.21. The highest BCUT2D eigenvalue weighted by Gasteiger charge is 2.35. The quantitative estimate of drug-likeness (QED) is 0.418. The molecule has 0 aliphatic rings. The van der Waals surface area contributed by atoms with Crippen LogP contribution in [0.2, 0.25) is 15.1 Å². The maximum atomic E-state index is 13.5. The fourth-order valence-electron chi connectivity index (χ4n) is 3.32. The van der Waals surface area contributed by atoms with Crippen molar-refractivity contribution < 1.29 is 31.2 Å². The van der Waals surface area contributed by atoms with Crippen molar-refractivity contribution in [1.82, 2.24) is 10.2 Å². The molecular formula is C23H25Cl3F3N3O4S. The molecule has 1 N–H and O–H groups in total. The van der Waals surface area contributed by atoms with Crippen LogP contribution in [0.1, 0.15) is 31.9 Å². The van der Waals surface area contributed by atoms with Gasteiger partial charge in [-0.3, -0.25) is 13.9 Å². The molecule has 0 bridgehead atoms. The van der Waals surface area contributed by atoms with Crippen molar-refractivity contribution in [2.24, 2.45) is 0 Å². The summed E-state index contributed by atoms with van der Waals surface area (Å²) in [5.41, 5.74) is -1.40. The van der Waals surface area contributed by atoms with Crippen LogP contribution in [0, 0.1) is 0 Å². The zero-order valence-electron chi connectivity index (χ0n) is 20.2. The highest BCUT2D eigenvalue weighted by atomic mass is 35.5. The molecule has 1 atom stereocenters. The smallest absolute Gasteiger partial charge is 0.352 e. The second kappa shape index (κ2) is 12.1. The normalized spacial score (nSPS) is 12.8. The number of rotatable bonds is 9. The number of alkyl halides is 3. The predicted molar refractivity (Wildman–Crippen MR) is 138 cm³/mol. The van der Waals surface area contributed by atoms with Gasteiger partial charge in [-0.15, -0.1) is 0 Å². The van der Waals surface area contributed by atoms with Gasteiger partial charge in [0.2, 0.25) is 21.8 Å². The molecule has 0 saturated carbocycles. The Hall–Kier alpha value is -2.21. The van der Waals surface area contributed by atoms with Crippen molar-refractivity contribution in [3.8, 4) is 0 Å². The monoisotopic (exact) mass is 601 g/mol. The first kappa shape index (κ1) is 31.0. The largest absolute Gasteiger partial charge is 0.416 e. The molecule has 2 amide bonds. The number of hydrogen-bond acceptors (Lipinski definition) is 4. The molecular weight excluding hydrogens is 578 g/mol. The van der Waals surface area contributed by atoms with Crippen LogP contribution in [0.3, 0.4) is 0 Å². The van der Waals surface area contributed by atoms with E-state index in [0.29, 0.717) is 22.0 Å². The number of nitrogens with one attached hydrogen (secondary N) is 1. The van der Waals surface area contributed by atoms with Crippen LogP contribution in [0.15, 0.2) is 36.4 Å². The Labute approximate surface area is 228 Å². The molecule has 0 aliphatic carbocycles. The third-order valence-corrected chi connectivity index (χ3v) is 7.36. The highest BCUT2D eigenvalue weighted by Crippen LogP contribution is 2.36. The van der Waals surface area contributed by atoms with E-state index in [9.17, 15) is 31.2 Å². The molecule has 0 aliphatic heterocycles. The highest BCUT2D eigenvalue weighted by molar-refractivity contribution is 7.92. The van der Waals surface area contributed by atoms with Crippen molar-refractivity contribution >= 4 is 62.3 Å². The fraction of sp³-hybridized carbons (Fsp3) is 0.391. The third kappa shape index (κ3) is 8.13. The average Bonchev–Trinajstić information content (AvgIpc) is 2.75. The first-order valence-electron chi connectivity index (χ1n) is 10.8. The number of benzene rings is 2. The lowest BCUT2D eigenvalue weighted by Crippen LogP contribution is -2.52. The summed E-state index contributed by atoms with van der Waals surface area (Å²) in [6.07, 6.45) is -4.07. The molecule has 14 heteroatoms. The van der Waals surface area contributed by atoms with E-state index in [1.165, 1.54) is 19.1 Å². The summed E-state index contributed by atoms with van der Waals surface area (Å²) in [4.78, 5) is 27.3. The molecule has 0 aromatic heterocycles. The van der Waals surface area contributed by atoms with Crippen LogP contribution < -0.4 is 9.62 Å². The second-order valence-electron chi connectivity index (χ2n) is 8.49. The molecule has 0 spiro atoms. The Kier molecular flexibility index (Phi) is 10.1. The van der Waals surface area contributed by atoms with Crippen LogP contribution in [0.4, 0.5) is 18.9 Å². The average molecular weight is 603 g/mol. The Balaban J connectivity index is 2.56. The lowest BCUT2D eigenvalue weighted by Gasteiger charge is -2.32. The zero-order valence-corrected chi connectivity index (χ0v) is 23.3. The van der Waals surface area contributed by atoms with Crippen molar-refractivity contribution in [3.05, 3.63) is 62.6 Å². The number of sulfonamides is 1. The number of hydrogen-bond donors (Lipinski definition) is 1. The van der Waals surface area contributed by atoms with Crippen molar-refractivity contribution in [1.29, 1.82) is 0 Å². The van der Waals surface area contributed by atoms with Gasteiger partial charge in [0.1, 0.15) is 12.6 Å². The van der Waals surface area contributed by atoms with Crippen LogP contribution in [-0.4, -0.2) is 50.0 Å². The van der Waals surface area contributed by atoms with Gasteiger partial charge in [-0.05, 0) is 51.1 Å². The Morgan fingerprint density at radius 3 is 2.05 bits per heavy atom. The number of carbonyl (C=O) groups is 2. The molecule has 1 unspecified atom stereocenters. The summed E-state index contributed by atoms with van der Waals surface area (Å²) in [6.45, 7) is 3.62. The van der Waals surface area contributed by atoms with Gasteiger partial charge in [-0.1, -0.05) is 40.9 Å². The molecule has 0 radical (unpaired) electrons. The van der Waals surface area contributed by atoms with Crippen LogP contribution >= 0.6 is 34.8 Å². The van der Waals surface area contributed by atoms with E-state index < -0.39 is 51.9 Å². The minimum atomic E-state index is -4.79. The van der Waals surface area contributed by atoms with Crippen molar-refractivity contribution in [2.45, 2.75) is 45.6 Å². The molecule has 204 valence electrons. The van der Waals surface area contributed by atoms with E-state index in [1.54, 1.807) is 19.9 Å². The number of carbonyl (C=O) groups excluding carboxylic acids is 2. The van der Waals surface area contributed by atoms with Gasteiger partial charge >= 0.3 is 6.18 Å². The maximum Gasteiger partial charge on any atom is 0.416 e. The van der Waals surface area contributed by atoms with E-state index >= 15 is 0 Å². The zero-order chi connectivity index (χ0) is 28.3. The SMILES string of the molecule is CC(C)NC(=O)C(C)N(Cc1c(Cl)cccc1Cl)C(=O)CN(c1cc(C(F)(F)F)ccc1Cl)S(C)(=O)=O. The molecule has 2 aromatic rings. The first-order chi connectivity index (χ1) is 16.9. The lowest BCUT2D eigenvalue weighted by molar-refractivity contribution is -0.139. The topological polar surface area (TPSA) is 86.8 Å². The molecule has 0 fully saturated rings. The number of anilines is 1. The minimum absolute atomic E-state index is 0.197.